The summed E-state index contributed by atoms with van der Waals surface area (Å²) < 4.78 is 53.3. The van der Waals surface area contributed by atoms with Crippen molar-refractivity contribution in [1.82, 2.24) is 9.97 Å². The van der Waals surface area contributed by atoms with Gasteiger partial charge in [-0.25, -0.2) is 4.98 Å². The minimum absolute atomic E-state index is 0.0238. The molecule has 2 aromatic rings. The van der Waals surface area contributed by atoms with E-state index in [1.165, 1.54) is 12.8 Å². The molecule has 2 aromatic heterocycles. The van der Waals surface area contributed by atoms with Crippen LogP contribution in [-0.4, -0.2) is 23.1 Å². The Kier molecular flexibility index (Phi) is 5.35. The Morgan fingerprint density at radius 1 is 0.920 bits per heavy atom. The van der Waals surface area contributed by atoms with E-state index in [0.717, 1.165) is 31.7 Å². The third kappa shape index (κ3) is 4.00. The van der Waals surface area contributed by atoms with Crippen LogP contribution in [0.4, 0.5) is 29.1 Å². The van der Waals surface area contributed by atoms with Gasteiger partial charge in [0.15, 0.2) is 0 Å². The first-order valence-electron chi connectivity index (χ1n) is 8.20. The molecule has 1 N–H and O–H groups in total. The van der Waals surface area contributed by atoms with Crippen molar-refractivity contribution in [3.63, 3.8) is 0 Å². The fourth-order valence-corrected chi connectivity index (χ4v) is 2.84. The van der Waals surface area contributed by atoms with Crippen LogP contribution in [-0.2, 0) is 6.54 Å². The van der Waals surface area contributed by atoms with Gasteiger partial charge in [-0.2, -0.15) is 22.5 Å². The number of anilines is 2. The van der Waals surface area contributed by atoms with Crippen LogP contribution in [0.3, 0.4) is 0 Å². The maximum atomic E-state index is 13.6. The number of hydrogen-bond acceptors (Lipinski definition) is 4. The summed E-state index contributed by atoms with van der Waals surface area (Å²) >= 11 is 0. The maximum Gasteiger partial charge on any atom is 0.253 e. The van der Waals surface area contributed by atoms with Gasteiger partial charge in [-0.1, -0.05) is 18.9 Å². The predicted octanol–water partition coefficient (Wildman–Crippen LogP) is 4.03. The van der Waals surface area contributed by atoms with Gasteiger partial charge in [0, 0.05) is 25.8 Å². The van der Waals surface area contributed by atoms with Gasteiger partial charge in [0.25, 0.3) is 11.9 Å². The molecule has 0 aromatic carbocycles. The lowest BCUT2D eigenvalue weighted by Gasteiger charge is -2.21. The summed E-state index contributed by atoms with van der Waals surface area (Å²) in [5.41, 5.74) is -0.239. The van der Waals surface area contributed by atoms with Gasteiger partial charge in [-0.05, 0) is 24.5 Å². The van der Waals surface area contributed by atoms with Crippen molar-refractivity contribution in [2.24, 2.45) is 0 Å². The molecule has 3 rings (SSSR count). The monoisotopic (exact) mass is 354 g/mol. The number of halogens is 4. The molecule has 25 heavy (non-hydrogen) atoms. The Morgan fingerprint density at radius 3 is 2.12 bits per heavy atom. The molecule has 1 saturated heterocycles. The van der Waals surface area contributed by atoms with Crippen LogP contribution < -0.4 is 10.2 Å². The van der Waals surface area contributed by atoms with Gasteiger partial charge in [-0.3, -0.25) is 0 Å². The van der Waals surface area contributed by atoms with Crippen molar-refractivity contribution < 1.29 is 17.6 Å². The topological polar surface area (TPSA) is 41.1 Å². The number of rotatable bonds is 4. The fraction of sp³-hybridized carbons (Fsp3) is 0.412. The maximum absolute atomic E-state index is 13.6. The van der Waals surface area contributed by atoms with Gasteiger partial charge in [0.1, 0.15) is 11.5 Å². The molecule has 1 aliphatic heterocycles. The van der Waals surface area contributed by atoms with Gasteiger partial charge in [0.2, 0.25) is 11.6 Å². The Hall–Kier alpha value is -2.38. The highest BCUT2D eigenvalue weighted by Gasteiger charge is 2.20. The first kappa shape index (κ1) is 17.4. The summed E-state index contributed by atoms with van der Waals surface area (Å²) in [5, 5.41) is 2.36. The minimum Gasteiger partial charge on any atom is -0.376 e. The van der Waals surface area contributed by atoms with E-state index < -0.39 is 29.2 Å². The Labute approximate surface area is 142 Å². The van der Waals surface area contributed by atoms with Crippen LogP contribution in [0.15, 0.2) is 18.3 Å². The molecule has 1 aliphatic rings. The molecule has 0 unspecified atom stereocenters. The zero-order valence-electron chi connectivity index (χ0n) is 13.5. The number of nitrogens with one attached hydrogen (secondary N) is 1. The second-order valence-electron chi connectivity index (χ2n) is 5.98. The molecule has 4 nitrogen and oxygen atoms in total. The molecule has 0 aliphatic carbocycles. The Balaban J connectivity index is 1.68. The summed E-state index contributed by atoms with van der Waals surface area (Å²) in [6.45, 7) is 1.89. The van der Waals surface area contributed by atoms with Crippen LogP contribution in [0.5, 0.6) is 0 Å². The molecule has 0 bridgehead atoms. The van der Waals surface area contributed by atoms with Gasteiger partial charge < -0.3 is 10.2 Å². The zero-order chi connectivity index (χ0) is 17.8. The van der Waals surface area contributed by atoms with Crippen molar-refractivity contribution in [3.8, 4) is 0 Å². The molecule has 1 fully saturated rings. The van der Waals surface area contributed by atoms with E-state index in [1.807, 2.05) is 6.07 Å². The predicted molar refractivity (Wildman–Crippen MR) is 86.3 cm³/mol. The van der Waals surface area contributed by atoms with Crippen LogP contribution in [0.1, 0.15) is 31.2 Å². The highest BCUT2D eigenvalue weighted by Crippen LogP contribution is 2.23. The molecule has 0 spiro atoms. The first-order valence-corrected chi connectivity index (χ1v) is 8.20. The number of pyridine rings is 2. The summed E-state index contributed by atoms with van der Waals surface area (Å²) in [5.74, 6) is -5.61. The molecular weight excluding hydrogens is 336 g/mol. The van der Waals surface area contributed by atoms with Crippen molar-refractivity contribution in [1.29, 1.82) is 0 Å². The van der Waals surface area contributed by atoms with Gasteiger partial charge in [0.05, 0.1) is 0 Å². The molecule has 134 valence electrons. The molecule has 0 amide bonds. The van der Waals surface area contributed by atoms with Gasteiger partial charge in [-0.15, -0.1) is 0 Å². The van der Waals surface area contributed by atoms with Crippen LogP contribution in [0.25, 0.3) is 0 Å². The zero-order valence-corrected chi connectivity index (χ0v) is 13.5. The van der Waals surface area contributed by atoms with Crippen LogP contribution in [0.2, 0.25) is 0 Å². The van der Waals surface area contributed by atoms with E-state index in [4.69, 9.17) is 0 Å². The SMILES string of the molecule is Fc1nc(F)c(F)c(NCc2ccc(N3CCCCCC3)nc2)c1F. The third-order valence-electron chi connectivity index (χ3n) is 4.21. The average molecular weight is 354 g/mol. The number of hydrogen-bond donors (Lipinski definition) is 1. The molecular formula is C17H18F4N4. The molecule has 0 atom stereocenters. The van der Waals surface area contributed by atoms with E-state index in [2.05, 4.69) is 20.2 Å². The fourth-order valence-electron chi connectivity index (χ4n) is 2.84. The van der Waals surface area contributed by atoms with E-state index in [-0.39, 0.29) is 6.54 Å². The lowest BCUT2D eigenvalue weighted by atomic mass is 10.2. The largest absolute Gasteiger partial charge is 0.376 e. The summed E-state index contributed by atoms with van der Waals surface area (Å²) in [6, 6.07) is 3.60. The second-order valence-corrected chi connectivity index (χ2v) is 5.98. The summed E-state index contributed by atoms with van der Waals surface area (Å²) in [6.07, 6.45) is 6.27. The van der Waals surface area contributed by atoms with Crippen molar-refractivity contribution in [2.75, 3.05) is 23.3 Å². The van der Waals surface area contributed by atoms with Crippen molar-refractivity contribution >= 4 is 11.5 Å². The van der Waals surface area contributed by atoms with E-state index in [9.17, 15) is 17.6 Å². The number of nitrogens with zero attached hydrogens (tertiary/aromatic N) is 3. The van der Waals surface area contributed by atoms with Crippen LogP contribution >= 0.6 is 0 Å². The normalized spacial score (nSPS) is 15.1. The Morgan fingerprint density at radius 2 is 1.56 bits per heavy atom. The van der Waals surface area contributed by atoms with Crippen LogP contribution in [0, 0.1) is 23.5 Å². The number of aromatic nitrogens is 2. The quantitative estimate of drug-likeness (QED) is 0.665. The second kappa shape index (κ2) is 7.67. The first-order chi connectivity index (χ1) is 12.1. The molecule has 0 radical (unpaired) electrons. The molecule has 8 heteroatoms. The highest BCUT2D eigenvalue weighted by molar-refractivity contribution is 5.46. The summed E-state index contributed by atoms with van der Waals surface area (Å²) in [4.78, 5) is 9.10. The van der Waals surface area contributed by atoms with E-state index >= 15 is 0 Å². The van der Waals surface area contributed by atoms with E-state index in [0.29, 0.717) is 5.56 Å². The van der Waals surface area contributed by atoms with E-state index in [1.54, 1.807) is 12.3 Å². The average Bonchev–Trinajstić information content (AvgIpc) is 2.90. The summed E-state index contributed by atoms with van der Waals surface area (Å²) in [7, 11) is 0. The lowest BCUT2D eigenvalue weighted by Crippen LogP contribution is -2.24. The van der Waals surface area contributed by atoms with Crippen molar-refractivity contribution in [3.05, 3.63) is 47.4 Å². The molecule has 3 heterocycles. The lowest BCUT2D eigenvalue weighted by molar-refractivity contribution is 0.410. The smallest absolute Gasteiger partial charge is 0.253 e. The van der Waals surface area contributed by atoms with Gasteiger partial charge >= 0.3 is 0 Å². The standard InChI is InChI=1S/C17H18F4N4/c18-13-15(14(19)17(21)24-16(13)20)23-10-11-5-6-12(22-9-11)25-7-3-1-2-4-8-25/h5-6,9H,1-4,7-8,10H2,(H,23,24). The highest BCUT2D eigenvalue weighted by atomic mass is 19.2. The Bertz CT molecular complexity index is 702. The minimum atomic E-state index is -1.68. The third-order valence-corrected chi connectivity index (χ3v) is 4.21. The molecule has 0 saturated carbocycles. The van der Waals surface area contributed by atoms with Crippen molar-refractivity contribution in [2.45, 2.75) is 32.2 Å².